The third-order valence-corrected chi connectivity index (χ3v) is 7.53. The van der Waals surface area contributed by atoms with Crippen molar-refractivity contribution in [2.45, 2.75) is 38.0 Å². The first kappa shape index (κ1) is 12.5. The Balaban J connectivity index is 3.13. The number of rotatable bonds is 4. The summed E-state index contributed by atoms with van der Waals surface area (Å²) in [5, 5.41) is 9.42. The number of benzene rings is 1. The first-order chi connectivity index (χ1) is 6.92. The zero-order chi connectivity index (χ0) is 11.5. The first-order valence-electron chi connectivity index (χ1n) is 5.58. The van der Waals surface area contributed by atoms with Gasteiger partial charge in [-0.3, -0.25) is 0 Å². The molecule has 0 spiro atoms. The lowest BCUT2D eigenvalue weighted by molar-refractivity contribution is 0.267. The van der Waals surface area contributed by atoms with Crippen LogP contribution >= 0.6 is 0 Å². The predicted octanol–water partition coefficient (Wildman–Crippen LogP) is 3.20. The maximum absolute atomic E-state index is 9.25. The van der Waals surface area contributed by atoms with Crippen LogP contribution < -0.4 is 0 Å². The molecule has 1 unspecified atom stereocenters. The van der Waals surface area contributed by atoms with Gasteiger partial charge in [-0.25, -0.2) is 0 Å². The molecule has 1 aromatic rings. The highest BCUT2D eigenvalue weighted by molar-refractivity contribution is 6.79. The molecule has 0 bridgehead atoms. The van der Waals surface area contributed by atoms with E-state index in [0.29, 0.717) is 0 Å². The Morgan fingerprint density at radius 3 is 2.07 bits per heavy atom. The molecular weight excluding hydrogens is 200 g/mol. The molecular formula is C13H22OSi. The summed E-state index contributed by atoms with van der Waals surface area (Å²) in [5.74, 6) is 0. The Hall–Kier alpha value is -0.603. The third-order valence-electron chi connectivity index (χ3n) is 3.68. The fourth-order valence-electron chi connectivity index (χ4n) is 1.98. The zero-order valence-electron chi connectivity index (χ0n) is 10.2. The van der Waals surface area contributed by atoms with E-state index in [1.165, 1.54) is 5.56 Å². The number of aliphatic hydroxyl groups excluding tert-OH is 1. The van der Waals surface area contributed by atoms with Gasteiger partial charge in [0.2, 0.25) is 0 Å². The van der Waals surface area contributed by atoms with E-state index >= 15 is 0 Å². The molecule has 0 aliphatic carbocycles. The molecule has 0 fully saturated rings. The molecule has 1 aromatic carbocycles. The van der Waals surface area contributed by atoms with Crippen LogP contribution in [-0.2, 0) is 5.04 Å². The van der Waals surface area contributed by atoms with Crippen molar-refractivity contribution in [3.8, 4) is 0 Å². The first-order valence-corrected chi connectivity index (χ1v) is 9.08. The summed E-state index contributed by atoms with van der Waals surface area (Å²) >= 11 is 0. The zero-order valence-corrected chi connectivity index (χ0v) is 11.2. The molecule has 1 rings (SSSR count). The summed E-state index contributed by atoms with van der Waals surface area (Å²) < 4.78 is 0. The van der Waals surface area contributed by atoms with Crippen LogP contribution in [0.5, 0.6) is 0 Å². The maximum atomic E-state index is 9.25. The van der Waals surface area contributed by atoms with Gasteiger partial charge in [0, 0.05) is 6.61 Å². The molecule has 15 heavy (non-hydrogen) atoms. The number of aliphatic hydroxyl groups is 1. The van der Waals surface area contributed by atoms with Gasteiger partial charge >= 0.3 is 0 Å². The molecule has 0 aromatic heterocycles. The Bertz CT molecular complexity index is 302. The second-order valence-electron chi connectivity index (χ2n) is 5.42. The second kappa shape index (κ2) is 4.50. The van der Waals surface area contributed by atoms with Crippen LogP contribution in [0.1, 0.15) is 18.9 Å². The monoisotopic (exact) mass is 222 g/mol. The lowest BCUT2D eigenvalue weighted by atomic mass is 9.97. The van der Waals surface area contributed by atoms with Crippen LogP contribution in [0, 0.1) is 0 Å². The minimum atomic E-state index is -1.33. The highest BCUT2D eigenvalue weighted by atomic mass is 28.3. The molecule has 0 aliphatic rings. The predicted molar refractivity (Wildman–Crippen MR) is 68.8 cm³/mol. The van der Waals surface area contributed by atoms with Crippen LogP contribution in [0.2, 0.25) is 19.6 Å². The largest absolute Gasteiger partial charge is 0.396 e. The van der Waals surface area contributed by atoms with Gasteiger partial charge < -0.3 is 5.11 Å². The summed E-state index contributed by atoms with van der Waals surface area (Å²) in [6.07, 6.45) is 0.868. The van der Waals surface area contributed by atoms with Gasteiger partial charge in [-0.05, 0) is 17.0 Å². The van der Waals surface area contributed by atoms with E-state index in [9.17, 15) is 5.11 Å². The molecule has 0 heterocycles. The Morgan fingerprint density at radius 1 is 1.13 bits per heavy atom. The quantitative estimate of drug-likeness (QED) is 0.776. The third kappa shape index (κ3) is 2.50. The summed E-state index contributed by atoms with van der Waals surface area (Å²) in [6.45, 7) is 9.68. The Kier molecular flexibility index (Phi) is 3.74. The number of hydrogen-bond donors (Lipinski definition) is 1. The highest BCUT2D eigenvalue weighted by Crippen LogP contribution is 2.36. The van der Waals surface area contributed by atoms with E-state index in [1.54, 1.807) is 0 Å². The SMILES string of the molecule is CC(CCO)(c1ccccc1)[Si](C)(C)C. The topological polar surface area (TPSA) is 20.2 Å². The van der Waals surface area contributed by atoms with Crippen molar-refractivity contribution in [1.82, 2.24) is 0 Å². The van der Waals surface area contributed by atoms with Crippen LogP contribution in [0.4, 0.5) is 0 Å². The summed E-state index contributed by atoms with van der Waals surface area (Å²) in [6, 6.07) is 10.6. The standard InChI is InChI=1S/C13H22OSi/c1-13(10-11-14,15(2,3)4)12-8-6-5-7-9-12/h5-9,14H,10-11H2,1-4H3. The Morgan fingerprint density at radius 2 is 1.67 bits per heavy atom. The molecule has 0 aliphatic heterocycles. The van der Waals surface area contributed by atoms with Gasteiger partial charge in [-0.1, -0.05) is 56.9 Å². The molecule has 1 nitrogen and oxygen atoms in total. The van der Waals surface area contributed by atoms with E-state index in [4.69, 9.17) is 0 Å². The Labute approximate surface area is 94.2 Å². The highest BCUT2D eigenvalue weighted by Gasteiger charge is 2.39. The minimum Gasteiger partial charge on any atom is -0.396 e. The molecule has 0 saturated carbocycles. The van der Waals surface area contributed by atoms with Crippen LogP contribution in [0.15, 0.2) is 30.3 Å². The molecule has 2 heteroatoms. The molecule has 1 atom stereocenters. The summed E-state index contributed by atoms with van der Waals surface area (Å²) in [5.41, 5.74) is 1.37. The van der Waals surface area contributed by atoms with Crippen molar-refractivity contribution in [3.05, 3.63) is 35.9 Å². The van der Waals surface area contributed by atoms with E-state index in [0.717, 1.165) is 6.42 Å². The fourth-order valence-corrected chi connectivity index (χ4v) is 3.88. The summed E-state index contributed by atoms with van der Waals surface area (Å²) in [7, 11) is -1.33. The van der Waals surface area contributed by atoms with Crippen molar-refractivity contribution in [2.75, 3.05) is 6.61 Å². The van der Waals surface area contributed by atoms with Crippen molar-refractivity contribution in [1.29, 1.82) is 0 Å². The van der Waals surface area contributed by atoms with Crippen molar-refractivity contribution >= 4 is 8.07 Å². The van der Waals surface area contributed by atoms with E-state index in [2.05, 4.69) is 50.8 Å². The van der Waals surface area contributed by atoms with Gasteiger partial charge in [0.1, 0.15) is 0 Å². The van der Waals surface area contributed by atoms with Gasteiger partial charge in [0.15, 0.2) is 0 Å². The van der Waals surface area contributed by atoms with Gasteiger partial charge in [0.25, 0.3) is 0 Å². The molecule has 0 amide bonds. The smallest absolute Gasteiger partial charge is 0.0554 e. The lowest BCUT2D eigenvalue weighted by Crippen LogP contribution is -2.47. The molecule has 1 N–H and O–H groups in total. The van der Waals surface area contributed by atoms with Crippen molar-refractivity contribution in [3.63, 3.8) is 0 Å². The van der Waals surface area contributed by atoms with Crippen LogP contribution in [0.3, 0.4) is 0 Å². The van der Waals surface area contributed by atoms with E-state index < -0.39 is 8.07 Å². The minimum absolute atomic E-state index is 0.170. The number of hydrogen-bond acceptors (Lipinski definition) is 1. The maximum Gasteiger partial charge on any atom is 0.0554 e. The van der Waals surface area contributed by atoms with Crippen LogP contribution in [-0.4, -0.2) is 19.8 Å². The van der Waals surface area contributed by atoms with Gasteiger partial charge in [-0.15, -0.1) is 0 Å². The lowest BCUT2D eigenvalue weighted by Gasteiger charge is -2.41. The average Bonchev–Trinajstić information content (AvgIpc) is 2.18. The molecule has 0 saturated heterocycles. The van der Waals surface area contributed by atoms with Gasteiger partial charge in [-0.2, -0.15) is 0 Å². The molecule has 0 radical (unpaired) electrons. The van der Waals surface area contributed by atoms with E-state index in [1.807, 2.05) is 6.07 Å². The van der Waals surface area contributed by atoms with Crippen molar-refractivity contribution < 1.29 is 5.11 Å². The van der Waals surface area contributed by atoms with Gasteiger partial charge in [0.05, 0.1) is 8.07 Å². The molecule has 84 valence electrons. The van der Waals surface area contributed by atoms with E-state index in [-0.39, 0.29) is 11.6 Å². The van der Waals surface area contributed by atoms with Crippen LogP contribution in [0.25, 0.3) is 0 Å². The normalized spacial score (nSPS) is 16.1. The average molecular weight is 222 g/mol. The second-order valence-corrected chi connectivity index (χ2v) is 11.0. The summed E-state index contributed by atoms with van der Waals surface area (Å²) in [4.78, 5) is 0. The fraction of sp³-hybridized carbons (Fsp3) is 0.538. The van der Waals surface area contributed by atoms with Crippen molar-refractivity contribution in [2.24, 2.45) is 0 Å².